The highest BCUT2D eigenvalue weighted by atomic mass is 32.1. The number of hydrogen-bond acceptors (Lipinski definition) is 11. The molecule has 1 aliphatic rings. The van der Waals surface area contributed by atoms with Gasteiger partial charge in [0, 0.05) is 18.5 Å². The summed E-state index contributed by atoms with van der Waals surface area (Å²) in [6, 6.07) is 6.38. The van der Waals surface area contributed by atoms with E-state index in [0.29, 0.717) is 0 Å². The maximum Gasteiger partial charge on any atom is 0.459 e. The summed E-state index contributed by atoms with van der Waals surface area (Å²) in [5.74, 6) is -0.599. The minimum atomic E-state index is -4.39. The molecule has 0 spiro atoms. The molecule has 0 bridgehead atoms. The Balaban J connectivity index is 1.54. The number of halogens is 1. The molecule has 4 rings (SSSR count). The zero-order chi connectivity index (χ0) is 29.9. The summed E-state index contributed by atoms with van der Waals surface area (Å²) in [6.07, 6.45) is -2.60. The van der Waals surface area contributed by atoms with E-state index >= 15 is 4.39 Å². The van der Waals surface area contributed by atoms with Gasteiger partial charge in [0.25, 0.3) is 5.56 Å². The molecular formula is C25H30FN4O9PS. The van der Waals surface area contributed by atoms with Crippen molar-refractivity contribution in [1.82, 2.24) is 19.6 Å². The summed E-state index contributed by atoms with van der Waals surface area (Å²) in [5.41, 5.74) is -1.63. The number of H-pyrrole nitrogens is 1. The van der Waals surface area contributed by atoms with E-state index in [1.165, 1.54) is 18.3 Å². The van der Waals surface area contributed by atoms with Crippen LogP contribution >= 0.6 is 19.1 Å². The third-order valence-electron chi connectivity index (χ3n) is 6.08. The Hall–Kier alpha value is -3.20. The third kappa shape index (κ3) is 7.18. The molecule has 13 nitrogen and oxygen atoms in total. The molecule has 0 aliphatic carbocycles. The second-order valence-corrected chi connectivity index (χ2v) is 12.3. The number of ether oxygens (including phenoxy) is 2. The highest BCUT2D eigenvalue weighted by Gasteiger charge is 2.56. The monoisotopic (exact) mass is 612 g/mol. The Labute approximate surface area is 237 Å². The standard InChI is InChI=1S/C25H30FN4O9PS/c1-14(2)37-22(33)15(3)29-40(35,39-17-7-5-16(6-8-17)19-11-27-13-41-19)36-12-18-21(32)25(4,26)23(38-18)30-10-9-20(31)28-24(30)34/h5-11,13-15,18,21,23,32H,12H2,1-4H3,(H,29,35)(H,28,31,34)/t15-,18+,21+,23+,25+,40?/m0/s1. The van der Waals surface area contributed by atoms with E-state index in [9.17, 15) is 24.1 Å². The molecule has 1 saturated heterocycles. The van der Waals surface area contributed by atoms with E-state index in [1.807, 2.05) is 4.98 Å². The Morgan fingerprint density at radius 1 is 1.29 bits per heavy atom. The third-order valence-corrected chi connectivity index (χ3v) is 8.55. The molecular weight excluding hydrogens is 582 g/mol. The maximum atomic E-state index is 15.6. The van der Waals surface area contributed by atoms with Gasteiger partial charge < -0.3 is 19.1 Å². The lowest BCUT2D eigenvalue weighted by Crippen LogP contribution is -2.43. The molecule has 3 N–H and O–H groups in total. The number of carbonyl (C=O) groups is 1. The first kappa shape index (κ1) is 30.8. The molecule has 1 aromatic carbocycles. The van der Waals surface area contributed by atoms with Crippen LogP contribution in [0.4, 0.5) is 4.39 Å². The number of benzene rings is 1. The van der Waals surface area contributed by atoms with Crippen LogP contribution < -0.4 is 20.9 Å². The smallest absolute Gasteiger partial charge is 0.459 e. The van der Waals surface area contributed by atoms with Crippen molar-refractivity contribution in [2.45, 2.75) is 63.9 Å². The lowest BCUT2D eigenvalue weighted by molar-refractivity contribution is -0.149. The first-order chi connectivity index (χ1) is 19.3. The summed E-state index contributed by atoms with van der Waals surface area (Å²) < 4.78 is 52.2. The lowest BCUT2D eigenvalue weighted by atomic mass is 9.98. The number of aromatic nitrogens is 3. The van der Waals surface area contributed by atoms with Crippen molar-refractivity contribution in [2.24, 2.45) is 0 Å². The zero-order valence-electron chi connectivity index (χ0n) is 22.6. The first-order valence-corrected chi connectivity index (χ1v) is 15.0. The molecule has 0 amide bonds. The van der Waals surface area contributed by atoms with E-state index in [1.54, 1.807) is 49.8 Å². The molecule has 41 heavy (non-hydrogen) atoms. The van der Waals surface area contributed by atoms with Crippen LogP contribution in [0.2, 0.25) is 0 Å². The van der Waals surface area contributed by atoms with Gasteiger partial charge in [-0.2, -0.15) is 5.09 Å². The van der Waals surface area contributed by atoms with Crippen molar-refractivity contribution in [2.75, 3.05) is 6.61 Å². The number of rotatable bonds is 11. The van der Waals surface area contributed by atoms with E-state index in [0.717, 1.165) is 34.2 Å². The van der Waals surface area contributed by atoms with Gasteiger partial charge in [-0.3, -0.25) is 28.6 Å². The van der Waals surface area contributed by atoms with Crippen molar-refractivity contribution in [3.8, 4) is 16.2 Å². The Morgan fingerprint density at radius 3 is 2.61 bits per heavy atom. The van der Waals surface area contributed by atoms with Crippen LogP contribution in [0.25, 0.3) is 10.4 Å². The summed E-state index contributed by atoms with van der Waals surface area (Å²) in [7, 11) is -4.39. The summed E-state index contributed by atoms with van der Waals surface area (Å²) in [6.45, 7) is 5.06. The van der Waals surface area contributed by atoms with Gasteiger partial charge in [-0.1, -0.05) is 0 Å². The maximum absolute atomic E-state index is 15.6. The van der Waals surface area contributed by atoms with Crippen LogP contribution in [-0.4, -0.2) is 62.2 Å². The van der Waals surface area contributed by atoms with Gasteiger partial charge >= 0.3 is 19.4 Å². The van der Waals surface area contributed by atoms with E-state index in [4.69, 9.17) is 18.5 Å². The molecule has 3 aromatic rings. The van der Waals surface area contributed by atoms with Crippen LogP contribution in [0.1, 0.15) is 33.9 Å². The van der Waals surface area contributed by atoms with Gasteiger partial charge in [-0.15, -0.1) is 11.3 Å². The zero-order valence-corrected chi connectivity index (χ0v) is 24.3. The number of nitrogens with zero attached hydrogens (tertiary/aromatic N) is 2. The normalized spacial score (nSPS) is 24.6. The molecule has 222 valence electrons. The first-order valence-electron chi connectivity index (χ1n) is 12.5. The van der Waals surface area contributed by atoms with Crippen LogP contribution in [0.15, 0.2) is 57.8 Å². The van der Waals surface area contributed by atoms with Crippen LogP contribution in [-0.2, 0) is 23.4 Å². The van der Waals surface area contributed by atoms with Crippen LogP contribution in [0.5, 0.6) is 5.75 Å². The second-order valence-electron chi connectivity index (χ2n) is 9.75. The van der Waals surface area contributed by atoms with Gasteiger partial charge in [-0.05, 0) is 57.5 Å². The molecule has 1 fully saturated rings. The molecule has 6 atom stereocenters. The molecule has 0 saturated carbocycles. The van der Waals surface area contributed by atoms with Crippen molar-refractivity contribution in [3.63, 3.8) is 0 Å². The number of hydrogen-bond donors (Lipinski definition) is 3. The molecule has 1 unspecified atom stereocenters. The summed E-state index contributed by atoms with van der Waals surface area (Å²) in [5, 5.41) is 13.2. The largest absolute Gasteiger partial charge is 0.462 e. The van der Waals surface area contributed by atoms with Crippen molar-refractivity contribution >= 4 is 25.1 Å². The number of alkyl halides is 1. The van der Waals surface area contributed by atoms with Crippen molar-refractivity contribution in [1.29, 1.82) is 0 Å². The molecule has 1 aliphatic heterocycles. The summed E-state index contributed by atoms with van der Waals surface area (Å²) >= 11 is 1.43. The van der Waals surface area contributed by atoms with Gasteiger partial charge in [0.15, 0.2) is 11.9 Å². The molecule has 0 radical (unpaired) electrons. The van der Waals surface area contributed by atoms with Gasteiger partial charge in [0.05, 0.1) is 23.1 Å². The SMILES string of the molecule is CC(C)OC(=O)[C@H](C)NP(=O)(OC[C@H]1O[C@@H](n2ccc(=O)[nH]c2=O)[C@](C)(F)[C@@H]1O)Oc1ccc(-c2cncs2)cc1. The fourth-order valence-corrected chi connectivity index (χ4v) is 6.16. The number of thiazole rings is 1. The molecule has 3 heterocycles. The van der Waals surface area contributed by atoms with E-state index in [-0.39, 0.29) is 5.75 Å². The fourth-order valence-electron chi connectivity index (χ4n) is 4.03. The lowest BCUT2D eigenvalue weighted by Gasteiger charge is -2.25. The highest BCUT2D eigenvalue weighted by molar-refractivity contribution is 7.52. The van der Waals surface area contributed by atoms with Gasteiger partial charge in [-0.25, -0.2) is 13.8 Å². The highest BCUT2D eigenvalue weighted by Crippen LogP contribution is 2.47. The van der Waals surface area contributed by atoms with Crippen LogP contribution in [0, 0.1) is 0 Å². The average molecular weight is 613 g/mol. The summed E-state index contributed by atoms with van der Waals surface area (Å²) in [4.78, 5) is 43.0. The predicted molar refractivity (Wildman–Crippen MR) is 146 cm³/mol. The van der Waals surface area contributed by atoms with Crippen molar-refractivity contribution in [3.05, 3.63) is 69.1 Å². The van der Waals surface area contributed by atoms with Gasteiger partial charge in [0.2, 0.25) is 0 Å². The Morgan fingerprint density at radius 2 is 2.00 bits per heavy atom. The number of aliphatic hydroxyl groups excluding tert-OH is 1. The predicted octanol–water partition coefficient (Wildman–Crippen LogP) is 2.78. The number of aliphatic hydroxyl groups is 1. The Bertz CT molecular complexity index is 1510. The van der Waals surface area contributed by atoms with E-state index < -0.39 is 67.8 Å². The van der Waals surface area contributed by atoms with E-state index in [2.05, 4.69) is 10.1 Å². The quantitative estimate of drug-likeness (QED) is 0.215. The second kappa shape index (κ2) is 12.3. The van der Waals surface area contributed by atoms with Crippen LogP contribution in [0.3, 0.4) is 0 Å². The number of esters is 1. The Kier molecular flexibility index (Phi) is 9.26. The number of aromatic amines is 1. The molecule has 2 aromatic heterocycles. The minimum absolute atomic E-state index is 0.124. The fraction of sp³-hybridized carbons (Fsp3) is 0.440. The number of nitrogens with one attached hydrogen (secondary N) is 2. The molecule has 16 heteroatoms. The average Bonchev–Trinajstić information content (AvgIpc) is 3.51. The van der Waals surface area contributed by atoms with Crippen molar-refractivity contribution < 1.29 is 37.4 Å². The number of carbonyl (C=O) groups excluding carboxylic acids is 1. The minimum Gasteiger partial charge on any atom is -0.462 e. The topological polar surface area (TPSA) is 171 Å². The van der Waals surface area contributed by atoms with Gasteiger partial charge in [0.1, 0.15) is 24.0 Å².